The summed E-state index contributed by atoms with van der Waals surface area (Å²) in [4.78, 5) is 10.8. The molecule has 0 radical (unpaired) electrons. The first-order valence-electron chi connectivity index (χ1n) is 4.60. The van der Waals surface area contributed by atoms with Gasteiger partial charge in [-0.15, -0.1) is 0 Å². The van der Waals surface area contributed by atoms with Crippen LogP contribution in [0.1, 0.15) is 18.4 Å². The minimum Gasteiger partial charge on any atom is -0.481 e. The Morgan fingerprint density at radius 1 is 1.60 bits per heavy atom. The van der Waals surface area contributed by atoms with Crippen molar-refractivity contribution in [2.24, 2.45) is 5.41 Å². The van der Waals surface area contributed by atoms with Crippen LogP contribution in [0.4, 0.5) is 8.78 Å². The van der Waals surface area contributed by atoms with E-state index in [0.29, 0.717) is 6.42 Å². The number of aliphatic carboxylic acids is 1. The normalized spacial score (nSPS) is 27.6. The fraction of sp³-hybridized carbons (Fsp3) is 0.500. The van der Waals surface area contributed by atoms with E-state index in [4.69, 9.17) is 5.11 Å². The molecule has 0 aliphatic heterocycles. The molecule has 1 aromatic rings. The lowest BCUT2D eigenvalue weighted by molar-refractivity contribution is -0.147. The van der Waals surface area contributed by atoms with Crippen LogP contribution in [0.25, 0.3) is 0 Å². The second-order valence-corrected chi connectivity index (χ2v) is 4.68. The number of aryl methyl sites for hydroxylation is 1. The van der Waals surface area contributed by atoms with Gasteiger partial charge in [-0.05, 0) is 35.2 Å². The highest BCUT2D eigenvalue weighted by molar-refractivity contribution is 7.07. The third kappa shape index (κ3) is 1.65. The molecule has 0 amide bonds. The van der Waals surface area contributed by atoms with Crippen molar-refractivity contribution in [2.75, 3.05) is 0 Å². The van der Waals surface area contributed by atoms with Gasteiger partial charge in [0.15, 0.2) is 0 Å². The van der Waals surface area contributed by atoms with Crippen LogP contribution in [0.3, 0.4) is 0 Å². The van der Waals surface area contributed by atoms with E-state index in [0.717, 1.165) is 5.56 Å². The molecule has 0 spiro atoms. The summed E-state index contributed by atoms with van der Waals surface area (Å²) in [7, 11) is 0. The summed E-state index contributed by atoms with van der Waals surface area (Å²) >= 11 is 1.48. The van der Waals surface area contributed by atoms with E-state index in [9.17, 15) is 13.6 Å². The van der Waals surface area contributed by atoms with E-state index in [1.54, 1.807) is 0 Å². The number of carbonyl (C=O) groups is 1. The summed E-state index contributed by atoms with van der Waals surface area (Å²) in [5.41, 5.74) is -0.863. The fourth-order valence-corrected chi connectivity index (χ4v) is 2.44. The number of rotatable bonds is 4. The van der Waals surface area contributed by atoms with Crippen LogP contribution in [-0.2, 0) is 11.2 Å². The highest BCUT2D eigenvalue weighted by Gasteiger charge is 2.75. The predicted molar refractivity (Wildman–Crippen MR) is 52.3 cm³/mol. The van der Waals surface area contributed by atoms with Gasteiger partial charge in [-0.2, -0.15) is 11.3 Å². The number of thiophene rings is 1. The summed E-state index contributed by atoms with van der Waals surface area (Å²) in [5.74, 6) is -4.39. The van der Waals surface area contributed by atoms with Crippen LogP contribution < -0.4 is 0 Å². The molecule has 0 aromatic carbocycles. The molecule has 1 aliphatic rings. The number of carboxylic acid groups (broad SMARTS) is 1. The molecule has 1 fully saturated rings. The van der Waals surface area contributed by atoms with Gasteiger partial charge in [-0.3, -0.25) is 4.79 Å². The molecule has 1 atom stereocenters. The average molecular weight is 232 g/mol. The second kappa shape index (κ2) is 3.27. The predicted octanol–water partition coefficient (Wildman–Crippen LogP) is 2.79. The topological polar surface area (TPSA) is 37.3 Å². The molecule has 1 aromatic heterocycles. The monoisotopic (exact) mass is 232 g/mol. The first-order valence-corrected chi connectivity index (χ1v) is 5.54. The van der Waals surface area contributed by atoms with Crippen LogP contribution >= 0.6 is 11.3 Å². The van der Waals surface area contributed by atoms with E-state index >= 15 is 0 Å². The highest BCUT2D eigenvalue weighted by Crippen LogP contribution is 2.63. The van der Waals surface area contributed by atoms with E-state index in [-0.39, 0.29) is 6.42 Å². The first kappa shape index (κ1) is 10.5. The van der Waals surface area contributed by atoms with Crippen molar-refractivity contribution in [3.63, 3.8) is 0 Å². The van der Waals surface area contributed by atoms with Crippen LogP contribution in [0.2, 0.25) is 0 Å². The van der Waals surface area contributed by atoms with Crippen molar-refractivity contribution in [2.45, 2.75) is 25.2 Å². The SMILES string of the molecule is O=C(O)C1(CCc2ccsc2)CC1(F)F. The number of hydrogen-bond acceptors (Lipinski definition) is 2. The van der Waals surface area contributed by atoms with E-state index < -0.39 is 23.7 Å². The molecular formula is C10H10F2O2S. The Kier molecular flexibility index (Phi) is 2.30. The van der Waals surface area contributed by atoms with Gasteiger partial charge in [-0.25, -0.2) is 8.78 Å². The minimum atomic E-state index is -3.02. The van der Waals surface area contributed by atoms with Gasteiger partial charge in [-0.1, -0.05) is 0 Å². The molecule has 5 heteroatoms. The minimum absolute atomic E-state index is 0.0199. The van der Waals surface area contributed by atoms with Crippen molar-refractivity contribution >= 4 is 17.3 Å². The van der Waals surface area contributed by atoms with Crippen molar-refractivity contribution < 1.29 is 18.7 Å². The maximum atomic E-state index is 13.0. The molecule has 2 rings (SSSR count). The smallest absolute Gasteiger partial charge is 0.316 e. The zero-order valence-corrected chi connectivity index (χ0v) is 8.69. The van der Waals surface area contributed by atoms with Gasteiger partial charge in [0, 0.05) is 6.42 Å². The van der Waals surface area contributed by atoms with E-state index in [2.05, 4.69) is 0 Å². The molecule has 0 bridgehead atoms. The van der Waals surface area contributed by atoms with Crippen LogP contribution in [-0.4, -0.2) is 17.0 Å². The molecule has 1 heterocycles. The average Bonchev–Trinajstić information content (AvgIpc) is 2.57. The van der Waals surface area contributed by atoms with Crippen LogP contribution in [0.15, 0.2) is 16.8 Å². The van der Waals surface area contributed by atoms with E-state index in [1.165, 1.54) is 11.3 Å². The number of carboxylic acids is 1. The summed E-state index contributed by atoms with van der Waals surface area (Å²) < 4.78 is 25.9. The fourth-order valence-electron chi connectivity index (χ4n) is 1.74. The van der Waals surface area contributed by atoms with Gasteiger partial charge in [0.25, 0.3) is 5.92 Å². The maximum Gasteiger partial charge on any atom is 0.316 e. The molecular weight excluding hydrogens is 222 g/mol. The third-order valence-electron chi connectivity index (χ3n) is 2.93. The Bertz CT molecular complexity index is 375. The van der Waals surface area contributed by atoms with Gasteiger partial charge in [0.05, 0.1) is 0 Å². The zero-order valence-electron chi connectivity index (χ0n) is 7.87. The molecule has 82 valence electrons. The number of halogens is 2. The standard InChI is InChI=1S/C10H10F2O2S/c11-10(12)6-9(10,8(13)14)3-1-7-2-4-15-5-7/h2,4-5H,1,3,6H2,(H,13,14). The number of hydrogen-bond donors (Lipinski definition) is 1. The third-order valence-corrected chi connectivity index (χ3v) is 3.66. The summed E-state index contributed by atoms with van der Waals surface area (Å²) in [5, 5.41) is 12.5. The van der Waals surface area contributed by atoms with Crippen molar-refractivity contribution in [3.05, 3.63) is 22.4 Å². The molecule has 15 heavy (non-hydrogen) atoms. The molecule has 0 saturated heterocycles. The van der Waals surface area contributed by atoms with Crippen molar-refractivity contribution in [1.29, 1.82) is 0 Å². The quantitative estimate of drug-likeness (QED) is 0.866. The summed E-state index contributed by atoms with van der Waals surface area (Å²) in [6.45, 7) is 0. The van der Waals surface area contributed by atoms with Gasteiger partial charge < -0.3 is 5.11 Å². The molecule has 1 unspecified atom stereocenters. The van der Waals surface area contributed by atoms with Gasteiger partial charge in [0.1, 0.15) is 5.41 Å². The lowest BCUT2D eigenvalue weighted by atomic mass is 9.97. The Morgan fingerprint density at radius 3 is 2.67 bits per heavy atom. The zero-order chi connectivity index (χ0) is 11.1. The highest BCUT2D eigenvalue weighted by atomic mass is 32.1. The molecule has 1 N–H and O–H groups in total. The first-order chi connectivity index (χ1) is 6.98. The lowest BCUT2D eigenvalue weighted by Gasteiger charge is -2.09. The summed E-state index contributed by atoms with van der Waals surface area (Å²) in [6, 6.07) is 1.83. The van der Waals surface area contributed by atoms with Gasteiger partial charge >= 0.3 is 5.97 Å². The largest absolute Gasteiger partial charge is 0.481 e. The Balaban J connectivity index is 2.02. The molecule has 1 aliphatic carbocycles. The van der Waals surface area contributed by atoms with Crippen LogP contribution in [0, 0.1) is 5.41 Å². The van der Waals surface area contributed by atoms with Crippen molar-refractivity contribution in [1.82, 2.24) is 0 Å². The van der Waals surface area contributed by atoms with E-state index in [1.807, 2.05) is 16.8 Å². The molecule has 2 nitrogen and oxygen atoms in total. The summed E-state index contributed by atoms with van der Waals surface area (Å²) in [6.07, 6.45) is -0.0864. The lowest BCUT2D eigenvalue weighted by Crippen LogP contribution is -2.23. The molecule has 1 saturated carbocycles. The maximum absolute atomic E-state index is 13.0. The van der Waals surface area contributed by atoms with Crippen LogP contribution in [0.5, 0.6) is 0 Å². The number of alkyl halides is 2. The second-order valence-electron chi connectivity index (χ2n) is 3.90. The van der Waals surface area contributed by atoms with Gasteiger partial charge in [0.2, 0.25) is 0 Å². The van der Waals surface area contributed by atoms with Crippen molar-refractivity contribution in [3.8, 4) is 0 Å². The Labute approximate surface area is 89.5 Å². The Hall–Kier alpha value is -0.970. The Morgan fingerprint density at radius 2 is 2.27 bits per heavy atom.